The van der Waals surface area contributed by atoms with Crippen molar-refractivity contribution in [3.05, 3.63) is 70.9 Å². The van der Waals surface area contributed by atoms with Crippen molar-refractivity contribution in [3.8, 4) is 11.4 Å². The van der Waals surface area contributed by atoms with Crippen LogP contribution in [0.5, 0.6) is 0 Å². The third-order valence-corrected chi connectivity index (χ3v) is 6.20. The summed E-state index contributed by atoms with van der Waals surface area (Å²) in [6.07, 6.45) is 1.50. The molecule has 0 radical (unpaired) electrons. The number of aromatic nitrogens is 2. The molecule has 0 spiro atoms. The molecular formula is C23H20N4O2S. The SMILES string of the molecule is O=C(Nc1cccc(-c2nc3ccccc3[nH]2)c1)[C@H]1CCCN1C(=O)c1cccs1. The number of hydrogen-bond donors (Lipinski definition) is 2. The summed E-state index contributed by atoms with van der Waals surface area (Å²) in [5.41, 5.74) is 3.45. The number of hydrogen-bond acceptors (Lipinski definition) is 4. The molecule has 7 heteroatoms. The maximum atomic E-state index is 13.0. The van der Waals surface area contributed by atoms with E-state index in [0.29, 0.717) is 23.5 Å². The molecule has 0 aliphatic carbocycles. The maximum Gasteiger partial charge on any atom is 0.264 e. The van der Waals surface area contributed by atoms with E-state index in [1.807, 2.05) is 60.0 Å². The van der Waals surface area contributed by atoms with Crippen LogP contribution >= 0.6 is 11.3 Å². The van der Waals surface area contributed by atoms with E-state index in [2.05, 4.69) is 15.3 Å². The Bertz CT molecular complexity index is 1180. The van der Waals surface area contributed by atoms with Crippen LogP contribution in [-0.2, 0) is 4.79 Å². The zero-order valence-electron chi connectivity index (χ0n) is 16.2. The van der Waals surface area contributed by atoms with Crippen LogP contribution in [0.25, 0.3) is 22.4 Å². The van der Waals surface area contributed by atoms with Crippen molar-refractivity contribution >= 4 is 39.9 Å². The average molecular weight is 417 g/mol. The van der Waals surface area contributed by atoms with Gasteiger partial charge < -0.3 is 15.2 Å². The molecule has 3 heterocycles. The minimum absolute atomic E-state index is 0.0707. The smallest absolute Gasteiger partial charge is 0.264 e. The Labute approximate surface area is 177 Å². The van der Waals surface area contributed by atoms with Gasteiger partial charge in [0.25, 0.3) is 5.91 Å². The van der Waals surface area contributed by atoms with Crippen molar-refractivity contribution in [1.29, 1.82) is 0 Å². The number of aromatic amines is 1. The van der Waals surface area contributed by atoms with Crippen molar-refractivity contribution in [2.45, 2.75) is 18.9 Å². The van der Waals surface area contributed by atoms with Gasteiger partial charge in [0.15, 0.2) is 0 Å². The van der Waals surface area contributed by atoms with Gasteiger partial charge in [-0.2, -0.15) is 0 Å². The number of thiophene rings is 1. The van der Waals surface area contributed by atoms with Gasteiger partial charge >= 0.3 is 0 Å². The topological polar surface area (TPSA) is 78.1 Å². The van der Waals surface area contributed by atoms with Crippen molar-refractivity contribution in [1.82, 2.24) is 14.9 Å². The lowest BCUT2D eigenvalue weighted by atomic mass is 10.1. The summed E-state index contributed by atoms with van der Waals surface area (Å²) in [4.78, 5) is 36.0. The Morgan fingerprint density at radius 1 is 1.10 bits per heavy atom. The summed E-state index contributed by atoms with van der Waals surface area (Å²) in [5, 5.41) is 4.86. The molecule has 30 heavy (non-hydrogen) atoms. The molecule has 1 aliphatic rings. The quantitative estimate of drug-likeness (QED) is 0.513. The first-order valence-electron chi connectivity index (χ1n) is 9.89. The molecule has 0 bridgehead atoms. The van der Waals surface area contributed by atoms with Gasteiger partial charge in [0, 0.05) is 17.8 Å². The first-order valence-corrected chi connectivity index (χ1v) is 10.8. The molecule has 1 saturated heterocycles. The first kappa shape index (κ1) is 18.6. The van der Waals surface area contributed by atoms with Gasteiger partial charge in [0.2, 0.25) is 5.91 Å². The number of benzene rings is 2. The minimum atomic E-state index is -0.450. The molecule has 1 fully saturated rings. The second-order valence-corrected chi connectivity index (χ2v) is 8.25. The standard InChI is InChI=1S/C23H20N4O2S/c28-22(19-10-4-12-27(19)23(29)20-11-5-13-30-20)24-16-7-3-6-15(14-16)21-25-17-8-1-2-9-18(17)26-21/h1-3,5-9,11,13-14,19H,4,10,12H2,(H,24,28)(H,25,26)/t19-/m1/s1. The van der Waals surface area contributed by atoms with Crippen LogP contribution in [0, 0.1) is 0 Å². The average Bonchev–Trinajstić information content (AvgIpc) is 3.53. The largest absolute Gasteiger partial charge is 0.338 e. The molecule has 0 unspecified atom stereocenters. The number of amides is 2. The maximum absolute atomic E-state index is 13.0. The van der Waals surface area contributed by atoms with Crippen LogP contribution in [-0.4, -0.2) is 39.3 Å². The molecule has 6 nitrogen and oxygen atoms in total. The zero-order valence-corrected chi connectivity index (χ0v) is 17.0. The van der Waals surface area contributed by atoms with Crippen LogP contribution in [0.4, 0.5) is 5.69 Å². The van der Waals surface area contributed by atoms with Gasteiger partial charge in [-0.15, -0.1) is 11.3 Å². The monoisotopic (exact) mass is 416 g/mol. The lowest BCUT2D eigenvalue weighted by Gasteiger charge is -2.23. The third-order valence-electron chi connectivity index (χ3n) is 5.34. The Kier molecular flexibility index (Phi) is 4.80. The van der Waals surface area contributed by atoms with Crippen LogP contribution in [0.3, 0.4) is 0 Å². The van der Waals surface area contributed by atoms with Gasteiger partial charge in [-0.1, -0.05) is 30.3 Å². The van der Waals surface area contributed by atoms with E-state index in [1.54, 1.807) is 11.0 Å². The van der Waals surface area contributed by atoms with Crippen LogP contribution < -0.4 is 5.32 Å². The van der Waals surface area contributed by atoms with Crippen LogP contribution in [0.1, 0.15) is 22.5 Å². The first-order chi connectivity index (χ1) is 14.7. The van der Waals surface area contributed by atoms with Gasteiger partial charge in [-0.25, -0.2) is 4.98 Å². The molecule has 1 atom stereocenters. The Balaban J connectivity index is 1.35. The van der Waals surface area contributed by atoms with E-state index in [4.69, 9.17) is 0 Å². The summed E-state index contributed by atoms with van der Waals surface area (Å²) in [7, 11) is 0. The second-order valence-electron chi connectivity index (χ2n) is 7.31. The second kappa shape index (κ2) is 7.76. The number of nitrogens with one attached hydrogen (secondary N) is 2. The highest BCUT2D eigenvalue weighted by Crippen LogP contribution is 2.26. The summed E-state index contributed by atoms with van der Waals surface area (Å²) < 4.78 is 0. The molecule has 0 saturated carbocycles. The summed E-state index contributed by atoms with van der Waals surface area (Å²) >= 11 is 1.40. The normalized spacial score (nSPS) is 16.1. The third kappa shape index (κ3) is 3.48. The van der Waals surface area contributed by atoms with E-state index in [0.717, 1.165) is 28.8 Å². The molecule has 1 aliphatic heterocycles. The molecule has 5 rings (SSSR count). The van der Waals surface area contributed by atoms with E-state index in [1.165, 1.54) is 11.3 Å². The van der Waals surface area contributed by atoms with E-state index in [-0.39, 0.29) is 11.8 Å². The predicted molar refractivity (Wildman–Crippen MR) is 119 cm³/mol. The fourth-order valence-corrected chi connectivity index (χ4v) is 4.56. The van der Waals surface area contributed by atoms with Crippen molar-refractivity contribution in [3.63, 3.8) is 0 Å². The summed E-state index contributed by atoms with van der Waals surface area (Å²) in [5.74, 6) is 0.528. The fourth-order valence-electron chi connectivity index (χ4n) is 3.88. The number of H-pyrrole nitrogens is 1. The lowest BCUT2D eigenvalue weighted by Crippen LogP contribution is -2.42. The van der Waals surface area contributed by atoms with Gasteiger partial charge in [-0.3, -0.25) is 9.59 Å². The van der Waals surface area contributed by atoms with E-state index < -0.39 is 6.04 Å². The number of carbonyl (C=O) groups is 2. The Morgan fingerprint density at radius 2 is 2.00 bits per heavy atom. The number of nitrogens with zero attached hydrogens (tertiary/aromatic N) is 2. The number of para-hydroxylation sites is 2. The summed E-state index contributed by atoms with van der Waals surface area (Å²) in [6, 6.07) is 18.7. The highest BCUT2D eigenvalue weighted by Gasteiger charge is 2.34. The molecular weight excluding hydrogens is 396 g/mol. The van der Waals surface area contributed by atoms with E-state index in [9.17, 15) is 9.59 Å². The minimum Gasteiger partial charge on any atom is -0.338 e. The van der Waals surface area contributed by atoms with Gasteiger partial charge in [-0.05, 0) is 48.6 Å². The molecule has 150 valence electrons. The molecule has 2 N–H and O–H groups in total. The Hall–Kier alpha value is -3.45. The number of anilines is 1. The number of rotatable bonds is 4. The number of imidazole rings is 1. The lowest BCUT2D eigenvalue weighted by molar-refractivity contribution is -0.119. The van der Waals surface area contributed by atoms with Crippen molar-refractivity contribution < 1.29 is 9.59 Å². The molecule has 4 aromatic rings. The van der Waals surface area contributed by atoms with Crippen LogP contribution in [0.15, 0.2) is 66.0 Å². The predicted octanol–water partition coefficient (Wildman–Crippen LogP) is 4.53. The van der Waals surface area contributed by atoms with Crippen molar-refractivity contribution in [2.24, 2.45) is 0 Å². The van der Waals surface area contributed by atoms with Crippen molar-refractivity contribution in [2.75, 3.05) is 11.9 Å². The van der Waals surface area contributed by atoms with Gasteiger partial charge in [0.05, 0.1) is 15.9 Å². The van der Waals surface area contributed by atoms with Crippen LogP contribution in [0.2, 0.25) is 0 Å². The zero-order chi connectivity index (χ0) is 20.5. The van der Waals surface area contributed by atoms with E-state index >= 15 is 0 Å². The van der Waals surface area contributed by atoms with Gasteiger partial charge in [0.1, 0.15) is 11.9 Å². The molecule has 2 aromatic carbocycles. The highest BCUT2D eigenvalue weighted by molar-refractivity contribution is 7.12. The molecule has 2 amide bonds. The Morgan fingerprint density at radius 3 is 2.83 bits per heavy atom. The summed E-state index contributed by atoms with van der Waals surface area (Å²) in [6.45, 7) is 0.605. The fraction of sp³-hybridized carbons (Fsp3) is 0.174. The highest BCUT2D eigenvalue weighted by atomic mass is 32.1. The number of likely N-dealkylation sites (tertiary alicyclic amines) is 1. The number of fused-ring (bicyclic) bond motifs is 1. The number of carbonyl (C=O) groups excluding carboxylic acids is 2. The molecule has 2 aromatic heterocycles.